The Morgan fingerprint density at radius 2 is 1.52 bits per heavy atom. The van der Waals surface area contributed by atoms with Crippen molar-refractivity contribution in [2.45, 2.75) is 16.2 Å². The number of fused-ring (bicyclic) bond motifs is 3. The van der Waals surface area contributed by atoms with Crippen molar-refractivity contribution in [2.24, 2.45) is 0 Å². The summed E-state index contributed by atoms with van der Waals surface area (Å²) in [6.45, 7) is -0.377. The van der Waals surface area contributed by atoms with E-state index in [0.717, 1.165) is 5.56 Å². The largest absolute Gasteiger partial charge is 0.392 e. The first kappa shape index (κ1) is 14.7. The fourth-order valence-electron chi connectivity index (χ4n) is 2.76. The second-order valence-electron chi connectivity index (χ2n) is 5.28. The Kier molecular flexibility index (Phi) is 3.46. The molecule has 3 fully saturated rings. The fraction of sp³-hybridized carbons (Fsp3) is 0.429. The summed E-state index contributed by atoms with van der Waals surface area (Å²) >= 11 is 0. The average molecular weight is 324 g/mol. The molecule has 2 atom stereocenters. The third kappa shape index (κ3) is 1.84. The highest BCUT2D eigenvalue weighted by Gasteiger charge is 2.67. The van der Waals surface area contributed by atoms with Crippen LogP contribution in [0.4, 0.5) is 0 Å². The summed E-state index contributed by atoms with van der Waals surface area (Å²) < 4.78 is 0. The number of hydrogen-bond donors (Lipinski definition) is 1. The van der Waals surface area contributed by atoms with Crippen LogP contribution in [0.3, 0.4) is 0 Å². The van der Waals surface area contributed by atoms with Gasteiger partial charge in [0.25, 0.3) is 11.8 Å². The Labute approximate surface area is 131 Å². The monoisotopic (exact) mass is 324 g/mol. The zero-order valence-corrected chi connectivity index (χ0v) is 13.4. The lowest BCUT2D eigenvalue weighted by Gasteiger charge is -2.58. The Bertz CT molecular complexity index is 597. The Balaban J connectivity index is 2.03. The van der Waals surface area contributed by atoms with Crippen molar-refractivity contribution in [3.05, 3.63) is 35.9 Å². The average Bonchev–Trinajstić information content (AvgIpc) is 2.51. The van der Waals surface area contributed by atoms with Gasteiger partial charge in [-0.1, -0.05) is 41.1 Å². The molecule has 3 heterocycles. The van der Waals surface area contributed by atoms with Crippen molar-refractivity contribution in [3.8, 4) is 0 Å². The molecule has 3 saturated heterocycles. The van der Waals surface area contributed by atoms with E-state index in [0.29, 0.717) is 6.42 Å². The third-order valence-electron chi connectivity index (χ3n) is 4.18. The predicted octanol–water partition coefficient (Wildman–Crippen LogP) is 0.939. The van der Waals surface area contributed by atoms with Crippen LogP contribution in [0.5, 0.6) is 0 Å². The van der Waals surface area contributed by atoms with Crippen LogP contribution >= 0.6 is 21.6 Å². The maximum atomic E-state index is 12.8. The van der Waals surface area contributed by atoms with E-state index in [9.17, 15) is 14.7 Å². The van der Waals surface area contributed by atoms with Gasteiger partial charge in [0, 0.05) is 20.5 Å². The molecule has 1 unspecified atom stereocenters. The molecule has 112 valence electrons. The van der Waals surface area contributed by atoms with Gasteiger partial charge in [-0.15, -0.1) is 0 Å². The van der Waals surface area contributed by atoms with Crippen molar-refractivity contribution < 1.29 is 14.7 Å². The highest BCUT2D eigenvalue weighted by Crippen LogP contribution is 2.58. The number of hydrogen-bond acceptors (Lipinski definition) is 5. The van der Waals surface area contributed by atoms with Crippen molar-refractivity contribution in [2.75, 3.05) is 20.7 Å². The summed E-state index contributed by atoms with van der Waals surface area (Å²) in [5, 5.41) is 9.64. The van der Waals surface area contributed by atoms with Crippen LogP contribution in [-0.2, 0) is 16.0 Å². The predicted molar refractivity (Wildman–Crippen MR) is 83.4 cm³/mol. The van der Waals surface area contributed by atoms with Gasteiger partial charge in [-0.2, -0.15) is 0 Å². The molecule has 3 aliphatic heterocycles. The number of aliphatic hydroxyl groups is 1. The molecule has 7 heteroatoms. The number of carbonyl (C=O) groups is 2. The number of nitrogens with zero attached hydrogens (tertiary/aromatic N) is 2. The maximum absolute atomic E-state index is 12.8. The minimum Gasteiger partial charge on any atom is -0.392 e. The lowest BCUT2D eigenvalue weighted by molar-refractivity contribution is -0.165. The number of carbonyl (C=O) groups excluding carboxylic acids is 2. The fourth-order valence-corrected chi connectivity index (χ4v) is 6.38. The summed E-state index contributed by atoms with van der Waals surface area (Å²) in [4.78, 5) is 26.2. The van der Waals surface area contributed by atoms with E-state index in [1.807, 2.05) is 30.3 Å². The lowest BCUT2D eigenvalue weighted by Crippen LogP contribution is -2.77. The van der Waals surface area contributed by atoms with Gasteiger partial charge in [-0.3, -0.25) is 9.59 Å². The molecule has 0 saturated carbocycles. The van der Waals surface area contributed by atoms with Gasteiger partial charge < -0.3 is 14.9 Å². The van der Waals surface area contributed by atoms with E-state index < -0.39 is 9.74 Å². The zero-order valence-electron chi connectivity index (χ0n) is 11.8. The second kappa shape index (κ2) is 4.93. The minimum absolute atomic E-state index is 0.133. The van der Waals surface area contributed by atoms with Crippen molar-refractivity contribution in [1.82, 2.24) is 9.80 Å². The number of aliphatic hydroxyl groups excluding tert-OH is 1. The Morgan fingerprint density at radius 3 is 2.14 bits per heavy atom. The Hall–Kier alpha value is -1.18. The van der Waals surface area contributed by atoms with Gasteiger partial charge in [0.15, 0.2) is 4.87 Å². The summed E-state index contributed by atoms with van der Waals surface area (Å²) in [6.07, 6.45) is 0.457. The van der Waals surface area contributed by atoms with Crippen molar-refractivity contribution in [1.29, 1.82) is 0 Å². The molecule has 0 spiro atoms. The summed E-state index contributed by atoms with van der Waals surface area (Å²) in [7, 11) is 5.90. The molecule has 2 amide bonds. The number of piperazine rings is 1. The summed E-state index contributed by atoms with van der Waals surface area (Å²) in [6, 6.07) is 9.67. The third-order valence-corrected chi connectivity index (χ3v) is 7.89. The first-order chi connectivity index (χ1) is 9.98. The van der Waals surface area contributed by atoms with Crippen molar-refractivity contribution in [3.63, 3.8) is 0 Å². The Morgan fingerprint density at radius 1 is 1.00 bits per heavy atom. The highest BCUT2D eigenvalue weighted by atomic mass is 33.1. The molecule has 0 aliphatic carbocycles. The van der Waals surface area contributed by atoms with Gasteiger partial charge in [0.1, 0.15) is 0 Å². The first-order valence-electron chi connectivity index (χ1n) is 6.56. The summed E-state index contributed by atoms with van der Waals surface area (Å²) in [5.74, 6) is -0.349. The molecular weight excluding hydrogens is 308 g/mol. The molecule has 4 rings (SSSR count). The minimum atomic E-state index is -1.19. The van der Waals surface area contributed by atoms with Gasteiger partial charge in [0.2, 0.25) is 4.87 Å². The van der Waals surface area contributed by atoms with Crippen molar-refractivity contribution >= 4 is 33.4 Å². The molecule has 0 aromatic heterocycles. The van der Waals surface area contributed by atoms with E-state index >= 15 is 0 Å². The van der Waals surface area contributed by atoms with Gasteiger partial charge in [-0.05, 0) is 16.4 Å². The van der Waals surface area contributed by atoms with E-state index in [1.165, 1.54) is 31.4 Å². The zero-order chi connectivity index (χ0) is 15.3. The molecule has 2 bridgehead atoms. The van der Waals surface area contributed by atoms with Crippen LogP contribution < -0.4 is 0 Å². The molecule has 1 aromatic carbocycles. The number of rotatable bonds is 3. The number of benzene rings is 1. The van der Waals surface area contributed by atoms with Gasteiger partial charge in [-0.25, -0.2) is 0 Å². The van der Waals surface area contributed by atoms with Crippen LogP contribution in [0, 0.1) is 0 Å². The number of amides is 2. The van der Waals surface area contributed by atoms with E-state index in [4.69, 9.17) is 0 Å². The molecule has 21 heavy (non-hydrogen) atoms. The van der Waals surface area contributed by atoms with Crippen LogP contribution in [0.2, 0.25) is 0 Å². The van der Waals surface area contributed by atoms with Crippen LogP contribution in [0.15, 0.2) is 30.3 Å². The SMILES string of the molecule is CN1C(=O)[C@]2(CO)SSC1(Cc1ccccc1)C(=O)N2C. The standard InChI is InChI=1S/C14H16N2O3S2/c1-15-12(19)14(9-17)16(2)11(18)13(15,20-21-14)8-10-6-4-3-5-7-10/h3-7,17H,8-9H2,1-2H3/t13?,14-/m0/s1. The quantitative estimate of drug-likeness (QED) is 0.839. The highest BCUT2D eigenvalue weighted by molar-refractivity contribution is 8.78. The normalized spacial score (nSPS) is 32.0. The molecular formula is C14H16N2O3S2. The van der Waals surface area contributed by atoms with Gasteiger partial charge in [0.05, 0.1) is 6.61 Å². The van der Waals surface area contributed by atoms with E-state index in [1.54, 1.807) is 14.1 Å². The van der Waals surface area contributed by atoms with Gasteiger partial charge >= 0.3 is 0 Å². The molecule has 5 nitrogen and oxygen atoms in total. The number of likely N-dealkylation sites (N-methyl/N-ethyl adjacent to an activating group) is 2. The second-order valence-corrected chi connectivity index (χ2v) is 7.97. The van der Waals surface area contributed by atoms with E-state index in [2.05, 4.69) is 0 Å². The smallest absolute Gasteiger partial charge is 0.263 e. The molecule has 1 aromatic rings. The summed E-state index contributed by atoms with van der Waals surface area (Å²) in [5.41, 5.74) is 1.00. The van der Waals surface area contributed by atoms with E-state index in [-0.39, 0.29) is 18.4 Å². The molecule has 0 radical (unpaired) electrons. The molecule has 1 N–H and O–H groups in total. The van der Waals surface area contributed by atoms with Crippen LogP contribution in [0.25, 0.3) is 0 Å². The first-order valence-corrected chi connectivity index (χ1v) is 8.71. The maximum Gasteiger partial charge on any atom is 0.263 e. The lowest BCUT2D eigenvalue weighted by atomic mass is 9.98. The topological polar surface area (TPSA) is 60.9 Å². The van der Waals surface area contributed by atoms with Crippen LogP contribution in [0.1, 0.15) is 5.56 Å². The van der Waals surface area contributed by atoms with Crippen LogP contribution in [-0.4, -0.2) is 57.2 Å². The molecule has 3 aliphatic rings.